The Kier molecular flexibility index (Phi) is 6.27. The van der Waals surface area contributed by atoms with Gasteiger partial charge in [0.25, 0.3) is 10.0 Å². The van der Waals surface area contributed by atoms with Gasteiger partial charge in [0.1, 0.15) is 6.54 Å². The van der Waals surface area contributed by atoms with Gasteiger partial charge in [0.15, 0.2) is 0 Å². The Labute approximate surface area is 171 Å². The summed E-state index contributed by atoms with van der Waals surface area (Å²) < 4.78 is 27.8. The van der Waals surface area contributed by atoms with Crippen LogP contribution in [0.3, 0.4) is 0 Å². The first-order chi connectivity index (χ1) is 13.3. The molecule has 0 bridgehead atoms. The Balaban J connectivity index is 1.95. The minimum absolute atomic E-state index is 0.133. The average molecular weight is 423 g/mol. The molecule has 0 radical (unpaired) electrons. The topological polar surface area (TPSA) is 62.1 Å². The second kappa shape index (κ2) is 8.51. The zero-order valence-electron chi connectivity index (χ0n) is 16.1. The molecule has 1 fully saturated rings. The van der Waals surface area contributed by atoms with Gasteiger partial charge in [0.2, 0.25) is 5.91 Å². The molecule has 2 aromatic carbocycles. The maximum atomic E-state index is 13.4. The van der Waals surface area contributed by atoms with Crippen molar-refractivity contribution >= 4 is 33.2 Å². The highest BCUT2D eigenvalue weighted by Crippen LogP contribution is 2.30. The van der Waals surface area contributed by atoms with Crippen LogP contribution in [0.4, 0.5) is 5.69 Å². The van der Waals surface area contributed by atoms with E-state index in [-0.39, 0.29) is 22.4 Å². The van der Waals surface area contributed by atoms with Crippen molar-refractivity contribution in [1.29, 1.82) is 0 Å². The monoisotopic (exact) mass is 422 g/mol. The lowest BCUT2D eigenvalue weighted by molar-refractivity contribution is -0.883. The van der Waals surface area contributed by atoms with Crippen LogP contribution in [-0.4, -0.2) is 59.0 Å². The molecule has 8 heteroatoms. The lowest BCUT2D eigenvalue weighted by atomic mass is 10.2. The van der Waals surface area contributed by atoms with Gasteiger partial charge in [-0.2, -0.15) is 0 Å². The van der Waals surface area contributed by atoms with E-state index < -0.39 is 10.0 Å². The van der Waals surface area contributed by atoms with Gasteiger partial charge in [0.05, 0.1) is 48.8 Å². The number of hydrogen-bond donors (Lipinski definition) is 1. The summed E-state index contributed by atoms with van der Waals surface area (Å²) in [6.45, 7) is 4.54. The smallest absolute Gasteiger partial charge is 0.264 e. The zero-order chi connectivity index (χ0) is 20.3. The van der Waals surface area contributed by atoms with Crippen LogP contribution in [0.1, 0.15) is 5.56 Å². The molecule has 0 aliphatic carbocycles. The van der Waals surface area contributed by atoms with Crippen LogP contribution in [0, 0.1) is 6.92 Å². The van der Waals surface area contributed by atoms with Crippen LogP contribution in [0.25, 0.3) is 0 Å². The number of para-hydroxylation sites is 1. The number of sulfonamides is 1. The van der Waals surface area contributed by atoms with E-state index >= 15 is 0 Å². The van der Waals surface area contributed by atoms with Crippen LogP contribution < -0.4 is 9.21 Å². The van der Waals surface area contributed by atoms with Crippen molar-refractivity contribution in [3.63, 3.8) is 0 Å². The Morgan fingerprint density at radius 2 is 1.71 bits per heavy atom. The number of rotatable bonds is 5. The molecule has 28 heavy (non-hydrogen) atoms. The third-order valence-corrected chi connectivity index (χ3v) is 7.07. The molecular weight excluding hydrogens is 398 g/mol. The molecule has 1 saturated heterocycles. The molecule has 0 aromatic heterocycles. The molecule has 150 valence electrons. The number of aryl methyl sites for hydroxylation is 1. The van der Waals surface area contributed by atoms with Gasteiger partial charge in [-0.05, 0) is 31.2 Å². The summed E-state index contributed by atoms with van der Waals surface area (Å²) in [4.78, 5) is 16.1. The van der Waals surface area contributed by atoms with Crippen molar-refractivity contribution in [2.75, 3.05) is 44.1 Å². The molecule has 0 unspecified atom stereocenters. The minimum atomic E-state index is -3.94. The number of nitrogens with one attached hydrogen (secondary N) is 1. The number of hydrogen-bond acceptors (Lipinski definition) is 3. The summed E-state index contributed by atoms with van der Waals surface area (Å²) in [6, 6.07) is 13.3. The predicted octanol–water partition coefficient (Wildman–Crippen LogP) is 1.20. The number of nitrogens with zero attached hydrogens (tertiary/aromatic N) is 2. The Hall–Kier alpha value is -2.09. The van der Waals surface area contributed by atoms with Crippen molar-refractivity contribution < 1.29 is 18.1 Å². The van der Waals surface area contributed by atoms with E-state index in [0.29, 0.717) is 18.8 Å². The number of piperazine rings is 1. The quantitative estimate of drug-likeness (QED) is 0.787. The number of quaternary nitrogens is 1. The number of anilines is 1. The van der Waals surface area contributed by atoms with E-state index in [1.165, 1.54) is 4.90 Å². The summed E-state index contributed by atoms with van der Waals surface area (Å²) in [5, 5.41) is 0.286. The van der Waals surface area contributed by atoms with E-state index in [2.05, 4.69) is 7.05 Å². The first-order valence-corrected chi connectivity index (χ1v) is 11.0. The molecule has 0 saturated carbocycles. The molecule has 2 aromatic rings. The van der Waals surface area contributed by atoms with Crippen molar-refractivity contribution in [3.8, 4) is 0 Å². The first-order valence-electron chi connectivity index (χ1n) is 9.22. The SMILES string of the molecule is Cc1ccc(S(=O)(=O)N(CC(=O)N2CC[NH+](C)CC2)c2ccccc2Cl)cc1. The minimum Gasteiger partial charge on any atom is -0.334 e. The zero-order valence-corrected chi connectivity index (χ0v) is 17.6. The molecule has 1 N–H and O–H groups in total. The first kappa shape index (κ1) is 20.6. The summed E-state index contributed by atoms with van der Waals surface area (Å²) in [6.07, 6.45) is 0. The van der Waals surface area contributed by atoms with Crippen molar-refractivity contribution in [2.45, 2.75) is 11.8 Å². The summed E-state index contributed by atoms with van der Waals surface area (Å²) in [5.74, 6) is -0.219. The van der Waals surface area contributed by atoms with Crippen LogP contribution >= 0.6 is 11.6 Å². The second-order valence-corrected chi connectivity index (χ2v) is 9.38. The van der Waals surface area contributed by atoms with E-state index in [1.54, 1.807) is 53.4 Å². The molecular formula is C20H25ClN3O3S+. The normalized spacial score (nSPS) is 15.5. The lowest BCUT2D eigenvalue weighted by Gasteiger charge is -2.32. The highest BCUT2D eigenvalue weighted by atomic mass is 35.5. The van der Waals surface area contributed by atoms with Crippen LogP contribution in [0.2, 0.25) is 5.02 Å². The fourth-order valence-electron chi connectivity index (χ4n) is 3.15. The van der Waals surface area contributed by atoms with Gasteiger partial charge in [-0.1, -0.05) is 41.4 Å². The van der Waals surface area contributed by atoms with Gasteiger partial charge >= 0.3 is 0 Å². The van der Waals surface area contributed by atoms with Crippen molar-refractivity contribution in [1.82, 2.24) is 4.90 Å². The fraction of sp³-hybridized carbons (Fsp3) is 0.350. The Bertz CT molecular complexity index is 939. The number of benzene rings is 2. The number of halogens is 1. The van der Waals surface area contributed by atoms with Crippen LogP contribution in [-0.2, 0) is 14.8 Å². The molecule has 0 atom stereocenters. The molecule has 6 nitrogen and oxygen atoms in total. The molecule has 1 heterocycles. The molecule has 1 aliphatic rings. The molecule has 3 rings (SSSR count). The third kappa shape index (κ3) is 4.48. The third-order valence-electron chi connectivity index (χ3n) is 4.98. The molecule has 1 amide bonds. The lowest BCUT2D eigenvalue weighted by Crippen LogP contribution is -3.12. The fourth-order valence-corrected chi connectivity index (χ4v) is 4.87. The van der Waals surface area contributed by atoms with Crippen molar-refractivity contribution in [3.05, 3.63) is 59.1 Å². The molecule has 0 spiro atoms. The number of likely N-dealkylation sites (N-methyl/N-ethyl adjacent to an activating group) is 1. The summed E-state index contributed by atoms with van der Waals surface area (Å²) >= 11 is 6.29. The van der Waals surface area contributed by atoms with E-state index in [4.69, 9.17) is 11.6 Å². The highest BCUT2D eigenvalue weighted by molar-refractivity contribution is 7.92. The standard InChI is InChI=1S/C20H24ClN3O3S/c1-16-7-9-17(10-8-16)28(26,27)24(19-6-4-3-5-18(19)21)15-20(25)23-13-11-22(2)12-14-23/h3-10H,11-15H2,1-2H3/p+1. The van der Waals surface area contributed by atoms with Crippen molar-refractivity contribution in [2.24, 2.45) is 0 Å². The van der Waals surface area contributed by atoms with Gasteiger partial charge < -0.3 is 9.80 Å². The maximum Gasteiger partial charge on any atom is 0.264 e. The predicted molar refractivity (Wildman–Crippen MR) is 110 cm³/mol. The van der Waals surface area contributed by atoms with E-state index in [9.17, 15) is 13.2 Å². The summed E-state index contributed by atoms with van der Waals surface area (Å²) in [7, 11) is -1.86. The Morgan fingerprint density at radius 1 is 1.11 bits per heavy atom. The van der Waals surface area contributed by atoms with E-state index in [0.717, 1.165) is 23.0 Å². The molecule has 1 aliphatic heterocycles. The van der Waals surface area contributed by atoms with Gasteiger partial charge in [-0.15, -0.1) is 0 Å². The Morgan fingerprint density at radius 3 is 2.32 bits per heavy atom. The van der Waals surface area contributed by atoms with Gasteiger partial charge in [-0.3, -0.25) is 9.10 Å². The average Bonchev–Trinajstić information content (AvgIpc) is 2.67. The van der Waals surface area contributed by atoms with Gasteiger partial charge in [0, 0.05) is 0 Å². The number of carbonyl (C=O) groups excluding carboxylic acids is 1. The second-order valence-electron chi connectivity index (χ2n) is 7.11. The van der Waals surface area contributed by atoms with Crippen LogP contribution in [0.15, 0.2) is 53.4 Å². The summed E-state index contributed by atoms with van der Waals surface area (Å²) in [5.41, 5.74) is 1.26. The van der Waals surface area contributed by atoms with Gasteiger partial charge in [-0.25, -0.2) is 8.42 Å². The highest BCUT2D eigenvalue weighted by Gasteiger charge is 2.31. The number of carbonyl (C=O) groups is 1. The van der Waals surface area contributed by atoms with E-state index in [1.807, 2.05) is 6.92 Å². The number of amides is 1. The maximum absolute atomic E-state index is 13.4. The van der Waals surface area contributed by atoms with Crippen LogP contribution in [0.5, 0.6) is 0 Å². The largest absolute Gasteiger partial charge is 0.334 e.